The number of rotatable bonds is 4. The minimum Gasteiger partial charge on any atom is -0.313 e. The lowest BCUT2D eigenvalue weighted by Gasteiger charge is -2.14. The minimum absolute atomic E-state index is 1.06. The number of aromatic nitrogens is 2. The van der Waals surface area contributed by atoms with Crippen molar-refractivity contribution in [3.05, 3.63) is 170 Å². The van der Waals surface area contributed by atoms with E-state index in [1.807, 2.05) is 0 Å². The van der Waals surface area contributed by atoms with Gasteiger partial charge in [-0.05, 0) is 100 Å². The third-order valence-electron chi connectivity index (χ3n) is 10.2. The number of fused-ring (bicyclic) bond motifs is 7. The van der Waals surface area contributed by atoms with Gasteiger partial charge in [0.25, 0.3) is 0 Å². The molecule has 0 amide bonds. The minimum atomic E-state index is 1.06. The van der Waals surface area contributed by atoms with Gasteiger partial charge < -0.3 is 9.13 Å². The molecule has 0 saturated carbocycles. The van der Waals surface area contributed by atoms with Crippen molar-refractivity contribution in [2.75, 3.05) is 0 Å². The SMILES string of the molecule is C1=CCCC(n2c3ccccc3c3cc(-c4ccc(-c5ccc6c(c5)c5ccccc5n6-c5ccc6ccccc6c5)cc4)ccc32)=C1. The molecule has 0 N–H and O–H groups in total. The quantitative estimate of drug-likeness (QED) is 0.187. The summed E-state index contributed by atoms with van der Waals surface area (Å²) in [5.74, 6) is 0. The van der Waals surface area contributed by atoms with Gasteiger partial charge in [0.15, 0.2) is 0 Å². The fourth-order valence-corrected chi connectivity index (χ4v) is 7.84. The summed E-state index contributed by atoms with van der Waals surface area (Å²) in [6, 6.07) is 55.9. The predicted molar refractivity (Wildman–Crippen MR) is 205 cm³/mol. The first-order chi connectivity index (χ1) is 23.8. The van der Waals surface area contributed by atoms with Crippen LogP contribution >= 0.6 is 0 Å². The van der Waals surface area contributed by atoms with E-state index < -0.39 is 0 Å². The Bertz CT molecular complexity index is 2770. The van der Waals surface area contributed by atoms with Crippen molar-refractivity contribution < 1.29 is 0 Å². The van der Waals surface area contributed by atoms with Crippen LogP contribution in [-0.2, 0) is 0 Å². The first kappa shape index (κ1) is 27.0. The second-order valence-electron chi connectivity index (χ2n) is 12.9. The Morgan fingerprint density at radius 3 is 1.58 bits per heavy atom. The molecule has 0 atom stereocenters. The summed E-state index contributed by atoms with van der Waals surface area (Å²) in [5.41, 5.74) is 12.5. The molecule has 2 nitrogen and oxygen atoms in total. The van der Waals surface area contributed by atoms with Crippen LogP contribution in [0.3, 0.4) is 0 Å². The van der Waals surface area contributed by atoms with Gasteiger partial charge in [-0.15, -0.1) is 0 Å². The van der Waals surface area contributed by atoms with E-state index in [4.69, 9.17) is 0 Å². The molecular weight excluding hydrogens is 581 g/mol. The molecule has 48 heavy (non-hydrogen) atoms. The van der Waals surface area contributed by atoms with E-state index in [9.17, 15) is 0 Å². The zero-order chi connectivity index (χ0) is 31.6. The highest BCUT2D eigenvalue weighted by Gasteiger charge is 2.16. The van der Waals surface area contributed by atoms with Crippen LogP contribution in [0.15, 0.2) is 170 Å². The van der Waals surface area contributed by atoms with Crippen molar-refractivity contribution in [1.29, 1.82) is 0 Å². The molecule has 7 aromatic carbocycles. The Balaban J connectivity index is 1.05. The van der Waals surface area contributed by atoms with Crippen LogP contribution in [0.25, 0.3) is 88.0 Å². The molecule has 0 bridgehead atoms. The highest BCUT2D eigenvalue weighted by atomic mass is 15.0. The largest absolute Gasteiger partial charge is 0.313 e. The molecule has 0 spiro atoms. The maximum absolute atomic E-state index is 2.45. The Labute approximate surface area is 279 Å². The summed E-state index contributed by atoms with van der Waals surface area (Å²) in [6.07, 6.45) is 8.85. The van der Waals surface area contributed by atoms with Crippen molar-refractivity contribution >= 4 is 60.1 Å². The summed E-state index contributed by atoms with van der Waals surface area (Å²) in [4.78, 5) is 0. The standard InChI is InChI=1S/C46H32N2/c1-2-12-37(13-3-1)47-43-16-8-6-14-39(43)41-29-35(23-26-45(41)47)32-18-20-33(21-19-32)36-24-27-46-42(30-36)40-15-7-9-17-44(40)48(46)38-25-22-31-10-4-5-11-34(31)28-38/h1-2,4-12,14-30H,3,13H2. The molecule has 2 heteroatoms. The van der Waals surface area contributed by atoms with E-state index in [-0.39, 0.29) is 0 Å². The van der Waals surface area contributed by atoms with Crippen LogP contribution in [0.4, 0.5) is 0 Å². The summed E-state index contributed by atoms with van der Waals surface area (Å²) in [5, 5.41) is 7.65. The summed E-state index contributed by atoms with van der Waals surface area (Å²) < 4.78 is 4.85. The Kier molecular flexibility index (Phi) is 6.04. The van der Waals surface area contributed by atoms with Gasteiger partial charge in [0, 0.05) is 32.9 Å². The van der Waals surface area contributed by atoms with Crippen LogP contribution in [0.5, 0.6) is 0 Å². The highest BCUT2D eigenvalue weighted by Crippen LogP contribution is 2.38. The van der Waals surface area contributed by atoms with Gasteiger partial charge in [0.2, 0.25) is 0 Å². The van der Waals surface area contributed by atoms with Gasteiger partial charge in [0.05, 0.1) is 22.1 Å². The first-order valence-electron chi connectivity index (χ1n) is 16.8. The molecule has 0 unspecified atom stereocenters. The van der Waals surface area contributed by atoms with E-state index >= 15 is 0 Å². The van der Waals surface area contributed by atoms with E-state index in [1.54, 1.807) is 0 Å². The van der Waals surface area contributed by atoms with Crippen LogP contribution < -0.4 is 0 Å². The Morgan fingerprint density at radius 2 is 0.938 bits per heavy atom. The zero-order valence-corrected chi connectivity index (χ0v) is 26.5. The van der Waals surface area contributed by atoms with E-state index in [0.717, 1.165) is 12.8 Å². The summed E-state index contributed by atoms with van der Waals surface area (Å²) in [6.45, 7) is 0. The Hall–Kier alpha value is -6.12. The lowest BCUT2D eigenvalue weighted by molar-refractivity contribution is 0.979. The van der Waals surface area contributed by atoms with Gasteiger partial charge in [-0.3, -0.25) is 0 Å². The zero-order valence-electron chi connectivity index (χ0n) is 26.5. The maximum atomic E-state index is 2.45. The highest BCUT2D eigenvalue weighted by molar-refractivity contribution is 6.12. The summed E-state index contributed by atoms with van der Waals surface area (Å²) >= 11 is 0. The number of nitrogens with zero attached hydrogens (tertiary/aromatic N) is 2. The first-order valence-corrected chi connectivity index (χ1v) is 16.8. The third kappa shape index (κ3) is 4.19. The topological polar surface area (TPSA) is 9.86 Å². The molecular formula is C46H32N2. The average molecular weight is 613 g/mol. The number of allylic oxidation sites excluding steroid dienone is 4. The average Bonchev–Trinajstić information content (AvgIpc) is 3.67. The van der Waals surface area contributed by atoms with E-state index in [1.165, 1.54) is 88.0 Å². The fraction of sp³-hybridized carbons (Fsp3) is 0.0435. The maximum Gasteiger partial charge on any atom is 0.0541 e. The second-order valence-corrected chi connectivity index (χ2v) is 12.9. The molecule has 0 fully saturated rings. The van der Waals surface area contributed by atoms with Crippen molar-refractivity contribution in [2.45, 2.75) is 12.8 Å². The van der Waals surface area contributed by atoms with Crippen LogP contribution in [0.1, 0.15) is 12.8 Å². The monoisotopic (exact) mass is 612 g/mol. The molecule has 1 aliphatic carbocycles. The van der Waals surface area contributed by atoms with Gasteiger partial charge in [0.1, 0.15) is 0 Å². The number of hydrogen-bond acceptors (Lipinski definition) is 0. The van der Waals surface area contributed by atoms with Crippen LogP contribution in [-0.4, -0.2) is 9.13 Å². The van der Waals surface area contributed by atoms with Gasteiger partial charge >= 0.3 is 0 Å². The van der Waals surface area contributed by atoms with Crippen LogP contribution in [0, 0.1) is 0 Å². The molecule has 2 aromatic heterocycles. The predicted octanol–water partition coefficient (Wildman–Crippen LogP) is 12.6. The Morgan fingerprint density at radius 1 is 0.396 bits per heavy atom. The molecule has 2 heterocycles. The molecule has 10 rings (SSSR count). The normalized spacial score (nSPS) is 13.3. The number of benzene rings is 7. The van der Waals surface area contributed by atoms with Gasteiger partial charge in [-0.1, -0.05) is 115 Å². The van der Waals surface area contributed by atoms with Gasteiger partial charge in [-0.2, -0.15) is 0 Å². The molecule has 9 aromatic rings. The molecule has 226 valence electrons. The van der Waals surface area contributed by atoms with Crippen molar-refractivity contribution in [3.8, 4) is 27.9 Å². The van der Waals surface area contributed by atoms with Crippen molar-refractivity contribution in [1.82, 2.24) is 9.13 Å². The number of hydrogen-bond donors (Lipinski definition) is 0. The van der Waals surface area contributed by atoms with Crippen LogP contribution in [0.2, 0.25) is 0 Å². The lowest BCUT2D eigenvalue weighted by Crippen LogP contribution is -1.98. The molecule has 0 radical (unpaired) electrons. The van der Waals surface area contributed by atoms with E-state index in [2.05, 4.69) is 179 Å². The van der Waals surface area contributed by atoms with E-state index in [0.29, 0.717) is 0 Å². The molecule has 0 aliphatic heterocycles. The number of para-hydroxylation sites is 2. The summed E-state index contributed by atoms with van der Waals surface area (Å²) in [7, 11) is 0. The second kappa shape index (κ2) is 10.7. The molecule has 1 aliphatic rings. The van der Waals surface area contributed by atoms with Gasteiger partial charge in [-0.25, -0.2) is 0 Å². The lowest BCUT2D eigenvalue weighted by atomic mass is 9.98. The smallest absolute Gasteiger partial charge is 0.0541 e. The van der Waals surface area contributed by atoms with Crippen molar-refractivity contribution in [2.24, 2.45) is 0 Å². The third-order valence-corrected chi connectivity index (χ3v) is 10.2. The van der Waals surface area contributed by atoms with Crippen molar-refractivity contribution in [3.63, 3.8) is 0 Å². The fourth-order valence-electron chi connectivity index (χ4n) is 7.84. The molecule has 0 saturated heterocycles.